The molecule has 0 aliphatic carbocycles. The normalized spacial score (nSPS) is 21.6. The molecule has 16 heavy (non-hydrogen) atoms. The fourth-order valence-corrected chi connectivity index (χ4v) is 1.96. The summed E-state index contributed by atoms with van der Waals surface area (Å²) in [5.41, 5.74) is 0. The van der Waals surface area contributed by atoms with E-state index >= 15 is 0 Å². The highest BCUT2D eigenvalue weighted by molar-refractivity contribution is 5.00. The van der Waals surface area contributed by atoms with Gasteiger partial charge in [0, 0.05) is 19.6 Å². The average Bonchev–Trinajstić information content (AvgIpc) is 2.61. The van der Waals surface area contributed by atoms with Crippen LogP contribution >= 0.6 is 0 Å². The summed E-state index contributed by atoms with van der Waals surface area (Å²) in [5, 5.41) is 11.7. The highest BCUT2D eigenvalue weighted by atomic mass is 16.5. The molecule has 0 saturated carbocycles. The average molecular weight is 224 g/mol. The van der Waals surface area contributed by atoms with Crippen LogP contribution in [0.15, 0.2) is 0 Å². The standard InChI is InChI=1S/C11H20N4O/c1-8(2)7-15-9(3)13-14-11(15)10-6-12-4-5-16-10/h8,10,12H,4-7H2,1-3H3. The molecule has 2 rings (SSSR count). The summed E-state index contributed by atoms with van der Waals surface area (Å²) in [4.78, 5) is 0. The lowest BCUT2D eigenvalue weighted by atomic mass is 10.2. The Balaban J connectivity index is 2.18. The third-order valence-corrected chi connectivity index (χ3v) is 2.73. The number of hydrogen-bond acceptors (Lipinski definition) is 4. The molecule has 1 atom stereocenters. The topological polar surface area (TPSA) is 52.0 Å². The van der Waals surface area contributed by atoms with Crippen molar-refractivity contribution in [3.8, 4) is 0 Å². The first-order valence-corrected chi connectivity index (χ1v) is 5.90. The number of hydrogen-bond donors (Lipinski definition) is 1. The maximum atomic E-state index is 5.71. The van der Waals surface area contributed by atoms with Gasteiger partial charge < -0.3 is 14.6 Å². The van der Waals surface area contributed by atoms with Crippen molar-refractivity contribution in [1.29, 1.82) is 0 Å². The summed E-state index contributed by atoms with van der Waals surface area (Å²) in [5.74, 6) is 2.52. The van der Waals surface area contributed by atoms with Gasteiger partial charge >= 0.3 is 0 Å². The SMILES string of the molecule is Cc1nnc(C2CNCCO2)n1CC(C)C. The molecule has 0 aromatic carbocycles. The lowest BCUT2D eigenvalue weighted by Crippen LogP contribution is -2.35. The predicted octanol–water partition coefficient (Wildman–Crippen LogP) is 0.903. The Kier molecular flexibility index (Phi) is 3.56. The largest absolute Gasteiger partial charge is 0.368 e. The zero-order chi connectivity index (χ0) is 11.5. The molecule has 5 nitrogen and oxygen atoms in total. The van der Waals surface area contributed by atoms with Crippen LogP contribution in [0.3, 0.4) is 0 Å². The van der Waals surface area contributed by atoms with E-state index in [2.05, 4.69) is 33.9 Å². The molecule has 1 saturated heterocycles. The van der Waals surface area contributed by atoms with Gasteiger partial charge in [0.2, 0.25) is 0 Å². The fraction of sp³-hybridized carbons (Fsp3) is 0.818. The number of rotatable bonds is 3. The van der Waals surface area contributed by atoms with Gasteiger partial charge in [0.25, 0.3) is 0 Å². The molecule has 1 fully saturated rings. The third-order valence-electron chi connectivity index (χ3n) is 2.73. The molecule has 1 aromatic rings. The van der Waals surface area contributed by atoms with E-state index in [1.165, 1.54) is 0 Å². The van der Waals surface area contributed by atoms with Crippen molar-refractivity contribution < 1.29 is 4.74 Å². The Morgan fingerprint density at radius 1 is 1.50 bits per heavy atom. The van der Waals surface area contributed by atoms with Crippen molar-refractivity contribution in [2.45, 2.75) is 33.4 Å². The molecule has 0 radical (unpaired) electrons. The number of morpholine rings is 1. The molecular formula is C11H20N4O. The Labute approximate surface area is 96.2 Å². The van der Waals surface area contributed by atoms with Crippen molar-refractivity contribution in [1.82, 2.24) is 20.1 Å². The highest BCUT2D eigenvalue weighted by Crippen LogP contribution is 2.18. The van der Waals surface area contributed by atoms with Gasteiger partial charge in [-0.25, -0.2) is 0 Å². The van der Waals surface area contributed by atoms with E-state index in [9.17, 15) is 0 Å². The van der Waals surface area contributed by atoms with Gasteiger partial charge in [0.1, 0.15) is 11.9 Å². The number of nitrogens with zero attached hydrogens (tertiary/aromatic N) is 3. The van der Waals surface area contributed by atoms with Crippen LogP contribution in [0.2, 0.25) is 0 Å². The van der Waals surface area contributed by atoms with Gasteiger partial charge in [-0.1, -0.05) is 13.8 Å². The monoisotopic (exact) mass is 224 g/mol. The lowest BCUT2D eigenvalue weighted by molar-refractivity contribution is 0.0193. The van der Waals surface area contributed by atoms with Crippen LogP contribution in [0, 0.1) is 12.8 Å². The smallest absolute Gasteiger partial charge is 0.163 e. The van der Waals surface area contributed by atoms with Gasteiger partial charge in [-0.3, -0.25) is 0 Å². The maximum absolute atomic E-state index is 5.71. The first kappa shape index (κ1) is 11.5. The number of nitrogens with one attached hydrogen (secondary N) is 1. The molecule has 0 amide bonds. The summed E-state index contributed by atoms with van der Waals surface area (Å²) < 4.78 is 7.88. The molecule has 1 aliphatic heterocycles. The molecule has 1 unspecified atom stereocenters. The second-order valence-electron chi connectivity index (χ2n) is 4.67. The summed E-state index contributed by atoms with van der Waals surface area (Å²) in [7, 11) is 0. The van der Waals surface area contributed by atoms with Gasteiger partial charge in [0.15, 0.2) is 5.82 Å². The summed E-state index contributed by atoms with van der Waals surface area (Å²) in [6.07, 6.45) is 0.0497. The number of aromatic nitrogens is 3. The molecule has 90 valence electrons. The van der Waals surface area contributed by atoms with Gasteiger partial charge in [-0.05, 0) is 12.8 Å². The van der Waals surface area contributed by atoms with Gasteiger partial charge in [-0.15, -0.1) is 10.2 Å². The molecule has 2 heterocycles. The van der Waals surface area contributed by atoms with E-state index in [0.717, 1.165) is 37.9 Å². The van der Waals surface area contributed by atoms with Gasteiger partial charge in [0.05, 0.1) is 6.61 Å². The minimum absolute atomic E-state index is 0.0497. The van der Waals surface area contributed by atoms with Crippen molar-refractivity contribution in [2.75, 3.05) is 19.7 Å². The third kappa shape index (κ3) is 2.41. The maximum Gasteiger partial charge on any atom is 0.163 e. The van der Waals surface area contributed by atoms with Crippen LogP contribution < -0.4 is 5.32 Å². The highest BCUT2D eigenvalue weighted by Gasteiger charge is 2.22. The summed E-state index contributed by atoms with van der Waals surface area (Å²) in [6, 6.07) is 0. The second-order valence-corrected chi connectivity index (χ2v) is 4.67. The van der Waals surface area contributed by atoms with Crippen molar-refractivity contribution >= 4 is 0 Å². The molecular weight excluding hydrogens is 204 g/mol. The van der Waals surface area contributed by atoms with Crippen LogP contribution in [0.1, 0.15) is 31.6 Å². The van der Waals surface area contributed by atoms with E-state index in [4.69, 9.17) is 4.74 Å². The van der Waals surface area contributed by atoms with Crippen LogP contribution in [0.25, 0.3) is 0 Å². The fourth-order valence-electron chi connectivity index (χ4n) is 1.96. The number of aryl methyl sites for hydroxylation is 1. The Morgan fingerprint density at radius 2 is 2.31 bits per heavy atom. The minimum atomic E-state index is 0.0497. The number of ether oxygens (including phenoxy) is 1. The molecule has 5 heteroatoms. The Bertz CT molecular complexity index is 342. The lowest BCUT2D eigenvalue weighted by Gasteiger charge is -2.24. The first-order chi connectivity index (χ1) is 7.68. The minimum Gasteiger partial charge on any atom is -0.368 e. The zero-order valence-electron chi connectivity index (χ0n) is 10.2. The molecule has 1 aliphatic rings. The van der Waals surface area contributed by atoms with Crippen LogP contribution in [-0.2, 0) is 11.3 Å². The van der Waals surface area contributed by atoms with E-state index in [-0.39, 0.29) is 6.10 Å². The van der Waals surface area contributed by atoms with Crippen molar-refractivity contribution in [3.05, 3.63) is 11.6 Å². The van der Waals surface area contributed by atoms with Crippen LogP contribution in [0.5, 0.6) is 0 Å². The van der Waals surface area contributed by atoms with E-state index in [1.807, 2.05) is 6.92 Å². The van der Waals surface area contributed by atoms with Gasteiger partial charge in [-0.2, -0.15) is 0 Å². The zero-order valence-corrected chi connectivity index (χ0v) is 10.2. The molecule has 1 N–H and O–H groups in total. The Morgan fingerprint density at radius 3 is 2.94 bits per heavy atom. The molecule has 0 spiro atoms. The molecule has 0 bridgehead atoms. The van der Waals surface area contributed by atoms with Crippen molar-refractivity contribution in [2.24, 2.45) is 5.92 Å². The van der Waals surface area contributed by atoms with E-state index in [0.29, 0.717) is 5.92 Å². The quantitative estimate of drug-likeness (QED) is 0.829. The Hall–Kier alpha value is -0.940. The second kappa shape index (κ2) is 4.93. The van der Waals surface area contributed by atoms with Crippen LogP contribution in [-0.4, -0.2) is 34.5 Å². The molecule has 1 aromatic heterocycles. The summed E-state index contributed by atoms with van der Waals surface area (Å²) in [6.45, 7) is 9.85. The predicted molar refractivity (Wildman–Crippen MR) is 61.2 cm³/mol. The van der Waals surface area contributed by atoms with E-state index in [1.54, 1.807) is 0 Å². The first-order valence-electron chi connectivity index (χ1n) is 5.90. The van der Waals surface area contributed by atoms with E-state index < -0.39 is 0 Å². The summed E-state index contributed by atoms with van der Waals surface area (Å²) >= 11 is 0. The van der Waals surface area contributed by atoms with Crippen molar-refractivity contribution in [3.63, 3.8) is 0 Å². The van der Waals surface area contributed by atoms with Crippen LogP contribution in [0.4, 0.5) is 0 Å².